The van der Waals surface area contributed by atoms with Crippen molar-refractivity contribution in [2.45, 2.75) is 39.9 Å². The van der Waals surface area contributed by atoms with E-state index in [1.54, 1.807) is 24.3 Å². The van der Waals surface area contributed by atoms with Gasteiger partial charge in [-0.3, -0.25) is 14.4 Å². The number of rotatable bonds is 5. The Morgan fingerprint density at radius 1 is 1.20 bits per heavy atom. The van der Waals surface area contributed by atoms with Crippen LogP contribution in [0.1, 0.15) is 33.3 Å². The summed E-state index contributed by atoms with van der Waals surface area (Å²) >= 11 is 0. The van der Waals surface area contributed by atoms with Crippen molar-refractivity contribution >= 4 is 17.7 Å². The lowest BCUT2D eigenvalue weighted by Crippen LogP contribution is -2.49. The van der Waals surface area contributed by atoms with Crippen LogP contribution >= 0.6 is 0 Å². The fraction of sp³-hybridized carbons (Fsp3) is 0.421. The van der Waals surface area contributed by atoms with Crippen LogP contribution in [0, 0.1) is 18.3 Å². The number of carbonyl (C=O) groups excluding carboxylic acids is 3. The molecule has 0 radical (unpaired) electrons. The Labute approximate surface area is 147 Å². The number of carbonyl (C=O) groups is 3. The van der Waals surface area contributed by atoms with Gasteiger partial charge in [0.25, 0.3) is 5.79 Å². The lowest BCUT2D eigenvalue weighted by Gasteiger charge is -2.32. The molecule has 6 heteroatoms. The molecule has 0 aliphatic carbocycles. The highest BCUT2D eigenvalue weighted by atomic mass is 16.7. The number of terminal acetylenes is 1. The van der Waals surface area contributed by atoms with Crippen LogP contribution in [0.5, 0.6) is 5.75 Å². The van der Waals surface area contributed by atoms with Crippen LogP contribution in [0.15, 0.2) is 24.3 Å². The van der Waals surface area contributed by atoms with Crippen LogP contribution < -0.4 is 4.74 Å². The number of para-hydroxylation sites is 1. The highest BCUT2D eigenvalue weighted by molar-refractivity contribution is 6.16. The molecule has 2 rings (SSSR count). The largest absolute Gasteiger partial charge is 0.481 e. The maximum Gasteiger partial charge on any atom is 0.331 e. The summed E-state index contributed by atoms with van der Waals surface area (Å²) in [5.41, 5.74) is 0.526. The van der Waals surface area contributed by atoms with Gasteiger partial charge >= 0.3 is 11.9 Å². The number of esters is 2. The first kappa shape index (κ1) is 20.2. The van der Waals surface area contributed by atoms with Crippen molar-refractivity contribution in [1.29, 1.82) is 0 Å². The summed E-state index contributed by atoms with van der Waals surface area (Å²) in [6.45, 7) is 6.89. The molecule has 1 aromatic rings. The zero-order valence-electron chi connectivity index (χ0n) is 14.8. The van der Waals surface area contributed by atoms with E-state index in [1.807, 2.05) is 13.8 Å². The first-order chi connectivity index (χ1) is 11.8. The fourth-order valence-corrected chi connectivity index (χ4v) is 2.18. The number of Topliss-reactive ketones (excluding diaryl/α,β-unsaturated/α-hetero) is 1. The highest BCUT2D eigenvalue weighted by Gasteiger charge is 2.47. The first-order valence-corrected chi connectivity index (χ1v) is 7.96. The van der Waals surface area contributed by atoms with Crippen molar-refractivity contribution in [3.05, 3.63) is 29.8 Å². The van der Waals surface area contributed by atoms with Crippen LogP contribution in [0.4, 0.5) is 0 Å². The summed E-state index contributed by atoms with van der Waals surface area (Å²) in [6, 6.07) is 6.76. The van der Waals surface area contributed by atoms with Crippen LogP contribution in [0.2, 0.25) is 0 Å². The van der Waals surface area contributed by atoms with Gasteiger partial charge in [-0.15, -0.1) is 6.42 Å². The Hall–Kier alpha value is -2.81. The molecule has 25 heavy (non-hydrogen) atoms. The van der Waals surface area contributed by atoms with E-state index in [9.17, 15) is 14.4 Å². The smallest absolute Gasteiger partial charge is 0.331 e. The van der Waals surface area contributed by atoms with Crippen LogP contribution in [0.3, 0.4) is 0 Å². The van der Waals surface area contributed by atoms with Crippen LogP contribution in [0.25, 0.3) is 0 Å². The molecule has 1 aliphatic rings. The Bertz CT molecular complexity index is 663. The molecule has 0 unspecified atom stereocenters. The zero-order chi connectivity index (χ0) is 19.0. The molecule has 0 N–H and O–H groups in total. The molecule has 0 bridgehead atoms. The number of hydrogen-bond donors (Lipinski definition) is 0. The summed E-state index contributed by atoms with van der Waals surface area (Å²) in [4.78, 5) is 36.1. The van der Waals surface area contributed by atoms with E-state index in [1.165, 1.54) is 13.8 Å². The topological polar surface area (TPSA) is 78.9 Å². The van der Waals surface area contributed by atoms with Crippen molar-refractivity contribution < 1.29 is 28.6 Å². The van der Waals surface area contributed by atoms with Gasteiger partial charge in [-0.2, -0.15) is 0 Å². The van der Waals surface area contributed by atoms with Gasteiger partial charge in [-0.1, -0.05) is 38.0 Å². The number of hydrogen-bond acceptors (Lipinski definition) is 6. The van der Waals surface area contributed by atoms with Crippen molar-refractivity contribution in [1.82, 2.24) is 0 Å². The second-order valence-electron chi connectivity index (χ2n) is 5.42. The van der Waals surface area contributed by atoms with Crippen molar-refractivity contribution in [2.24, 2.45) is 5.92 Å². The first-order valence-electron chi connectivity index (χ1n) is 7.96. The minimum atomic E-state index is -1.58. The molecule has 1 saturated heterocycles. The van der Waals surface area contributed by atoms with E-state index in [4.69, 9.17) is 20.6 Å². The summed E-state index contributed by atoms with van der Waals surface area (Å²) in [5.74, 6) is -2.61. The SMILES string of the molecule is C#CCOc1ccccc1CC(=O)C1C(=O)OC(C)(C)OC1=O.CC. The maximum atomic E-state index is 12.3. The Kier molecular flexibility index (Phi) is 7.19. The molecule has 0 aromatic heterocycles. The van der Waals surface area contributed by atoms with Crippen molar-refractivity contribution in [3.8, 4) is 18.1 Å². The van der Waals surface area contributed by atoms with Gasteiger partial charge in [0, 0.05) is 25.8 Å². The van der Waals surface area contributed by atoms with E-state index in [0.717, 1.165) is 0 Å². The number of ether oxygens (including phenoxy) is 3. The maximum absolute atomic E-state index is 12.3. The molecule has 1 aliphatic heterocycles. The number of ketones is 1. The van der Waals surface area contributed by atoms with E-state index in [2.05, 4.69) is 5.92 Å². The summed E-state index contributed by atoms with van der Waals surface area (Å²) in [7, 11) is 0. The third-order valence-corrected chi connectivity index (χ3v) is 3.13. The summed E-state index contributed by atoms with van der Waals surface area (Å²) in [5, 5.41) is 0. The lowest BCUT2D eigenvalue weighted by atomic mass is 9.96. The Morgan fingerprint density at radius 3 is 2.32 bits per heavy atom. The standard InChI is InChI=1S/C17H16O6.C2H6/c1-4-9-21-13-8-6-5-7-11(13)10-12(18)14-15(19)22-17(2,3)23-16(14)20;1-2/h1,5-8,14H,9-10H2,2-3H3;1-2H3. The van der Waals surface area contributed by atoms with E-state index < -0.39 is 29.4 Å². The van der Waals surface area contributed by atoms with E-state index >= 15 is 0 Å². The second kappa shape index (κ2) is 8.88. The summed E-state index contributed by atoms with van der Waals surface area (Å²) < 4.78 is 15.2. The molecule has 1 aromatic carbocycles. The lowest BCUT2D eigenvalue weighted by molar-refractivity contribution is -0.238. The van der Waals surface area contributed by atoms with E-state index in [-0.39, 0.29) is 13.0 Å². The highest BCUT2D eigenvalue weighted by Crippen LogP contribution is 2.26. The minimum Gasteiger partial charge on any atom is -0.481 e. The fourth-order valence-electron chi connectivity index (χ4n) is 2.18. The zero-order valence-corrected chi connectivity index (χ0v) is 14.8. The normalized spacial score (nSPS) is 15.8. The van der Waals surface area contributed by atoms with Gasteiger partial charge in [0.05, 0.1) is 0 Å². The molecule has 0 saturated carbocycles. The third-order valence-electron chi connectivity index (χ3n) is 3.13. The molecule has 1 heterocycles. The van der Waals surface area contributed by atoms with Gasteiger partial charge in [-0.25, -0.2) is 0 Å². The molecular formula is C19H22O6. The van der Waals surface area contributed by atoms with Crippen molar-refractivity contribution in [3.63, 3.8) is 0 Å². The van der Waals surface area contributed by atoms with Gasteiger partial charge in [-0.05, 0) is 6.07 Å². The quantitative estimate of drug-likeness (QED) is 0.462. The molecule has 1 fully saturated rings. The molecule has 6 nitrogen and oxygen atoms in total. The van der Waals surface area contributed by atoms with Crippen LogP contribution in [-0.4, -0.2) is 30.1 Å². The monoisotopic (exact) mass is 346 g/mol. The Balaban J connectivity index is 0.00000151. The molecule has 0 amide bonds. The average Bonchev–Trinajstić information content (AvgIpc) is 2.54. The van der Waals surface area contributed by atoms with Gasteiger partial charge < -0.3 is 14.2 Å². The number of benzene rings is 1. The minimum absolute atomic E-state index is 0.0485. The second-order valence-corrected chi connectivity index (χ2v) is 5.42. The third kappa shape index (κ3) is 5.35. The molecular weight excluding hydrogens is 324 g/mol. The molecule has 0 atom stereocenters. The predicted molar refractivity (Wildman–Crippen MR) is 90.6 cm³/mol. The summed E-state index contributed by atoms with van der Waals surface area (Å²) in [6.07, 6.45) is 4.97. The Morgan fingerprint density at radius 2 is 1.76 bits per heavy atom. The van der Waals surface area contributed by atoms with Crippen molar-refractivity contribution in [2.75, 3.05) is 6.61 Å². The predicted octanol–water partition coefficient (Wildman–Crippen LogP) is 2.29. The van der Waals surface area contributed by atoms with Gasteiger partial charge in [0.1, 0.15) is 12.4 Å². The van der Waals surface area contributed by atoms with Crippen LogP contribution in [-0.2, 0) is 30.3 Å². The number of cyclic esters (lactones) is 2. The molecule has 0 spiro atoms. The molecule has 134 valence electrons. The average molecular weight is 346 g/mol. The van der Waals surface area contributed by atoms with Gasteiger partial charge in [0.2, 0.25) is 5.92 Å². The van der Waals surface area contributed by atoms with E-state index in [0.29, 0.717) is 11.3 Å². The van der Waals surface area contributed by atoms with Gasteiger partial charge in [0.15, 0.2) is 5.78 Å².